The molecule has 0 aliphatic heterocycles. The lowest BCUT2D eigenvalue weighted by molar-refractivity contribution is 0.589. The van der Waals surface area contributed by atoms with Crippen LogP contribution in [-0.2, 0) is 10.0 Å². The van der Waals surface area contributed by atoms with Crippen LogP contribution in [0, 0.1) is 0 Å². The predicted molar refractivity (Wildman–Crippen MR) is 68.5 cm³/mol. The van der Waals surface area contributed by atoms with E-state index in [1.165, 1.54) is 0 Å². The van der Waals surface area contributed by atoms with Crippen molar-refractivity contribution in [2.24, 2.45) is 5.14 Å². The second-order valence-electron chi connectivity index (χ2n) is 3.88. The minimum atomic E-state index is -3.89. The summed E-state index contributed by atoms with van der Waals surface area (Å²) in [4.78, 5) is 8.11. The molecular weight excluding hydrogens is 266 g/mol. The van der Waals surface area contributed by atoms with Gasteiger partial charge in [0, 0.05) is 17.1 Å². The van der Waals surface area contributed by atoms with Crippen molar-refractivity contribution in [3.63, 3.8) is 0 Å². The van der Waals surface area contributed by atoms with Gasteiger partial charge in [0.2, 0.25) is 0 Å². The molecular formula is C11H9N5O2S. The largest absolute Gasteiger partial charge is 0.273 e. The molecule has 0 fully saturated rings. The molecule has 0 radical (unpaired) electrons. The Morgan fingerprint density at radius 3 is 2.74 bits per heavy atom. The summed E-state index contributed by atoms with van der Waals surface area (Å²) in [7, 11) is -3.89. The molecule has 0 amide bonds. The van der Waals surface area contributed by atoms with Gasteiger partial charge in [-0.05, 0) is 12.1 Å². The van der Waals surface area contributed by atoms with E-state index in [9.17, 15) is 8.42 Å². The molecule has 2 heterocycles. The van der Waals surface area contributed by atoms with Crippen LogP contribution in [0.15, 0.2) is 41.7 Å². The highest BCUT2D eigenvalue weighted by molar-refractivity contribution is 7.89. The third kappa shape index (κ3) is 2.07. The highest BCUT2D eigenvalue weighted by Gasteiger charge is 2.16. The molecule has 0 bridgehead atoms. The number of aromatic nitrogens is 4. The van der Waals surface area contributed by atoms with Crippen LogP contribution in [0.25, 0.3) is 22.3 Å². The fraction of sp³-hybridized carbons (Fsp3) is 0. The highest BCUT2D eigenvalue weighted by Crippen LogP contribution is 2.24. The van der Waals surface area contributed by atoms with Crippen molar-refractivity contribution in [2.45, 2.75) is 5.16 Å². The summed E-state index contributed by atoms with van der Waals surface area (Å²) >= 11 is 0. The average molecular weight is 275 g/mol. The zero-order chi connectivity index (χ0) is 13.5. The van der Waals surface area contributed by atoms with Crippen molar-refractivity contribution >= 4 is 20.9 Å². The van der Waals surface area contributed by atoms with Crippen molar-refractivity contribution in [1.29, 1.82) is 0 Å². The van der Waals surface area contributed by atoms with Crippen molar-refractivity contribution in [1.82, 2.24) is 20.2 Å². The predicted octanol–water partition coefficient (Wildman–Crippen LogP) is 0.667. The van der Waals surface area contributed by atoms with E-state index in [1.54, 1.807) is 24.4 Å². The maximum atomic E-state index is 11.2. The number of aromatic amines is 1. The first kappa shape index (κ1) is 11.8. The molecule has 7 nitrogen and oxygen atoms in total. The number of rotatable bonds is 2. The van der Waals surface area contributed by atoms with Crippen LogP contribution < -0.4 is 5.14 Å². The van der Waals surface area contributed by atoms with Crippen LogP contribution >= 0.6 is 0 Å². The molecule has 96 valence electrons. The van der Waals surface area contributed by atoms with Gasteiger partial charge < -0.3 is 0 Å². The van der Waals surface area contributed by atoms with Gasteiger partial charge in [0.25, 0.3) is 15.2 Å². The Morgan fingerprint density at radius 1 is 1.16 bits per heavy atom. The van der Waals surface area contributed by atoms with E-state index in [4.69, 9.17) is 5.14 Å². The maximum Gasteiger partial charge on any atom is 0.273 e. The Bertz CT molecular complexity index is 851. The number of hydrogen-bond acceptors (Lipinski definition) is 5. The monoisotopic (exact) mass is 275 g/mol. The van der Waals surface area contributed by atoms with E-state index in [2.05, 4.69) is 20.2 Å². The normalized spacial score (nSPS) is 11.8. The van der Waals surface area contributed by atoms with E-state index < -0.39 is 10.0 Å². The van der Waals surface area contributed by atoms with Gasteiger partial charge in [-0.3, -0.25) is 4.98 Å². The van der Waals surface area contributed by atoms with E-state index >= 15 is 0 Å². The van der Waals surface area contributed by atoms with Gasteiger partial charge in [-0.1, -0.05) is 18.2 Å². The Morgan fingerprint density at radius 2 is 2.00 bits per heavy atom. The molecule has 2 aromatic heterocycles. The molecule has 1 aromatic carbocycles. The zero-order valence-corrected chi connectivity index (χ0v) is 10.4. The van der Waals surface area contributed by atoms with Gasteiger partial charge in [-0.15, -0.1) is 0 Å². The first-order valence-corrected chi connectivity index (χ1v) is 6.90. The first-order valence-electron chi connectivity index (χ1n) is 5.35. The van der Waals surface area contributed by atoms with Gasteiger partial charge in [0.1, 0.15) is 0 Å². The molecule has 3 N–H and O–H groups in total. The summed E-state index contributed by atoms with van der Waals surface area (Å²) in [6, 6.07) is 9.10. The standard InChI is InChI=1S/C11H9N5O2S/c12-19(17,18)11-14-10(15-16-11)8-3-1-5-9-7(8)4-2-6-13-9/h1-6H,(H2,12,17,18)(H,14,15,16). The summed E-state index contributed by atoms with van der Waals surface area (Å²) in [5.74, 6) is 0.266. The number of pyridine rings is 1. The molecule has 3 rings (SSSR count). The third-order valence-electron chi connectivity index (χ3n) is 2.62. The number of benzene rings is 1. The van der Waals surface area contributed by atoms with Crippen molar-refractivity contribution in [2.75, 3.05) is 0 Å². The minimum Gasteiger partial charge on any atom is -0.256 e. The van der Waals surface area contributed by atoms with Crippen LogP contribution in [0.5, 0.6) is 0 Å². The highest BCUT2D eigenvalue weighted by atomic mass is 32.2. The Kier molecular flexibility index (Phi) is 2.54. The van der Waals surface area contributed by atoms with Crippen LogP contribution in [0.3, 0.4) is 0 Å². The molecule has 0 unspecified atom stereocenters. The average Bonchev–Trinajstić information content (AvgIpc) is 2.87. The molecule has 8 heteroatoms. The maximum absolute atomic E-state index is 11.2. The van der Waals surface area contributed by atoms with Gasteiger partial charge in [0.05, 0.1) is 5.52 Å². The molecule has 0 atom stereocenters. The summed E-state index contributed by atoms with van der Waals surface area (Å²) in [6.45, 7) is 0. The van der Waals surface area contributed by atoms with Gasteiger partial charge in [-0.2, -0.15) is 10.1 Å². The Hall–Kier alpha value is -2.32. The minimum absolute atomic E-state index is 0.266. The van der Waals surface area contributed by atoms with Crippen molar-refractivity contribution in [3.8, 4) is 11.4 Å². The summed E-state index contributed by atoms with van der Waals surface area (Å²) in [5.41, 5.74) is 1.47. The lowest BCUT2D eigenvalue weighted by Gasteiger charge is -2.01. The van der Waals surface area contributed by atoms with Crippen LogP contribution in [-0.4, -0.2) is 28.6 Å². The van der Waals surface area contributed by atoms with Gasteiger partial charge in [-0.25, -0.2) is 18.7 Å². The number of nitrogens with zero attached hydrogens (tertiary/aromatic N) is 3. The third-order valence-corrected chi connectivity index (χ3v) is 3.34. The van der Waals surface area contributed by atoms with Crippen molar-refractivity contribution in [3.05, 3.63) is 36.5 Å². The van der Waals surface area contributed by atoms with Gasteiger partial charge >= 0.3 is 0 Å². The van der Waals surface area contributed by atoms with Crippen molar-refractivity contribution < 1.29 is 8.42 Å². The van der Waals surface area contributed by atoms with Crippen LogP contribution in [0.4, 0.5) is 0 Å². The number of nitrogens with one attached hydrogen (secondary N) is 1. The number of fused-ring (bicyclic) bond motifs is 1. The number of nitrogens with two attached hydrogens (primary N) is 1. The van der Waals surface area contributed by atoms with Gasteiger partial charge in [0.15, 0.2) is 5.82 Å². The summed E-state index contributed by atoms with van der Waals surface area (Å²) in [5, 5.41) is 11.7. The van der Waals surface area contributed by atoms with E-state index in [1.807, 2.05) is 12.1 Å². The molecule has 0 saturated carbocycles. The van der Waals surface area contributed by atoms with E-state index in [0.29, 0.717) is 5.56 Å². The molecule has 0 aliphatic carbocycles. The number of sulfonamides is 1. The zero-order valence-electron chi connectivity index (χ0n) is 9.61. The smallest absolute Gasteiger partial charge is 0.256 e. The number of primary sulfonamides is 1. The SMILES string of the molecule is NS(=O)(=O)c1nc(-c2cccc3ncccc23)n[nH]1. The molecule has 0 saturated heterocycles. The molecule has 0 aliphatic rings. The fourth-order valence-electron chi connectivity index (χ4n) is 1.79. The lowest BCUT2D eigenvalue weighted by atomic mass is 10.1. The molecule has 3 aromatic rings. The quantitative estimate of drug-likeness (QED) is 0.713. The lowest BCUT2D eigenvalue weighted by Crippen LogP contribution is -2.13. The first-order chi connectivity index (χ1) is 9.05. The molecule has 19 heavy (non-hydrogen) atoms. The molecule has 0 spiro atoms. The Labute approximate surface area is 108 Å². The van der Waals surface area contributed by atoms with Crippen LogP contribution in [0.2, 0.25) is 0 Å². The second-order valence-corrected chi connectivity index (χ2v) is 5.36. The fourth-order valence-corrected chi connectivity index (χ4v) is 2.18. The van der Waals surface area contributed by atoms with E-state index in [-0.39, 0.29) is 11.0 Å². The topological polar surface area (TPSA) is 115 Å². The van der Waals surface area contributed by atoms with E-state index in [0.717, 1.165) is 10.9 Å². The summed E-state index contributed by atoms with van der Waals surface area (Å²) < 4.78 is 22.3. The second kappa shape index (κ2) is 4.11. The Balaban J connectivity index is 2.23. The summed E-state index contributed by atoms with van der Waals surface area (Å²) in [6.07, 6.45) is 1.68. The number of hydrogen-bond donors (Lipinski definition) is 2. The van der Waals surface area contributed by atoms with Crippen LogP contribution in [0.1, 0.15) is 0 Å². The number of H-pyrrole nitrogens is 1.